The quantitative estimate of drug-likeness (QED) is 0.907. The molecule has 6 heteroatoms. The molecule has 2 N–H and O–H groups in total. The topological polar surface area (TPSA) is 75.3 Å². The van der Waals surface area contributed by atoms with Crippen molar-refractivity contribution in [2.75, 3.05) is 31.6 Å². The van der Waals surface area contributed by atoms with Gasteiger partial charge in [0.15, 0.2) is 5.82 Å². The predicted molar refractivity (Wildman–Crippen MR) is 94.7 cm³/mol. The van der Waals surface area contributed by atoms with E-state index in [0.29, 0.717) is 24.4 Å². The molecular weight excluding hydrogens is 302 g/mol. The maximum Gasteiger partial charge on any atom is 0.226 e. The molecule has 0 bridgehead atoms. The summed E-state index contributed by atoms with van der Waals surface area (Å²) in [5.41, 5.74) is 6.77. The van der Waals surface area contributed by atoms with Crippen molar-refractivity contribution in [2.24, 2.45) is 17.6 Å². The second-order valence-electron chi connectivity index (χ2n) is 7.23. The summed E-state index contributed by atoms with van der Waals surface area (Å²) in [6.07, 6.45) is 5.23. The summed E-state index contributed by atoms with van der Waals surface area (Å²) in [5, 5.41) is 8.41. The Labute approximate surface area is 144 Å². The van der Waals surface area contributed by atoms with Crippen molar-refractivity contribution in [1.82, 2.24) is 15.1 Å². The first-order valence-corrected chi connectivity index (χ1v) is 9.12. The Balaban J connectivity index is 1.55. The molecule has 0 aromatic carbocycles. The standard InChI is InChI=1S/C18H29N5O/c1-13-6-7-17(21-20-13)22(2)15-8-10-23(11-9-15)18(24)16-5-3-4-14(16)12-19/h6-7,14-16H,3-5,8-12,19H2,1-2H3/t14-,16-/m1/s1. The molecule has 2 heterocycles. The lowest BCUT2D eigenvalue weighted by Crippen LogP contribution is -2.48. The van der Waals surface area contributed by atoms with Crippen molar-refractivity contribution in [3.63, 3.8) is 0 Å². The van der Waals surface area contributed by atoms with E-state index in [0.717, 1.165) is 56.7 Å². The number of likely N-dealkylation sites (tertiary alicyclic amines) is 1. The van der Waals surface area contributed by atoms with Gasteiger partial charge in [0.1, 0.15) is 0 Å². The van der Waals surface area contributed by atoms with Crippen LogP contribution in [0.15, 0.2) is 12.1 Å². The summed E-state index contributed by atoms with van der Waals surface area (Å²) in [6.45, 7) is 4.25. The average molecular weight is 331 g/mol. The van der Waals surface area contributed by atoms with Crippen LogP contribution >= 0.6 is 0 Å². The number of aromatic nitrogens is 2. The molecule has 1 aliphatic carbocycles. The van der Waals surface area contributed by atoms with Gasteiger partial charge in [0.25, 0.3) is 0 Å². The van der Waals surface area contributed by atoms with Crippen LogP contribution in [-0.4, -0.2) is 53.7 Å². The molecule has 1 saturated heterocycles. The van der Waals surface area contributed by atoms with Gasteiger partial charge in [-0.1, -0.05) is 6.42 Å². The van der Waals surface area contributed by atoms with E-state index in [2.05, 4.69) is 27.0 Å². The predicted octanol–water partition coefficient (Wildman–Crippen LogP) is 1.59. The monoisotopic (exact) mass is 331 g/mol. The number of aryl methyl sites for hydroxylation is 1. The Hall–Kier alpha value is -1.69. The third-order valence-electron chi connectivity index (χ3n) is 5.75. The number of amides is 1. The number of anilines is 1. The fourth-order valence-corrected chi connectivity index (χ4v) is 4.12. The summed E-state index contributed by atoms with van der Waals surface area (Å²) >= 11 is 0. The van der Waals surface area contributed by atoms with Crippen LogP contribution in [0, 0.1) is 18.8 Å². The van der Waals surface area contributed by atoms with Gasteiger partial charge in [0.2, 0.25) is 5.91 Å². The maximum absolute atomic E-state index is 12.8. The molecule has 0 radical (unpaired) electrons. The Morgan fingerprint density at radius 2 is 2.00 bits per heavy atom. The number of hydrogen-bond donors (Lipinski definition) is 1. The molecule has 1 amide bonds. The number of rotatable bonds is 4. The van der Waals surface area contributed by atoms with Gasteiger partial charge in [-0.15, -0.1) is 5.10 Å². The van der Waals surface area contributed by atoms with E-state index in [1.54, 1.807) is 0 Å². The molecule has 2 atom stereocenters. The van der Waals surface area contributed by atoms with Gasteiger partial charge in [-0.25, -0.2) is 0 Å². The molecule has 0 unspecified atom stereocenters. The highest BCUT2D eigenvalue weighted by Crippen LogP contribution is 2.33. The van der Waals surface area contributed by atoms with Crippen LogP contribution in [0.1, 0.15) is 37.8 Å². The second kappa shape index (κ2) is 7.47. The molecular formula is C18H29N5O. The van der Waals surface area contributed by atoms with E-state index in [9.17, 15) is 4.79 Å². The van der Waals surface area contributed by atoms with E-state index in [1.807, 2.05) is 19.1 Å². The van der Waals surface area contributed by atoms with E-state index >= 15 is 0 Å². The van der Waals surface area contributed by atoms with Crippen molar-refractivity contribution in [3.8, 4) is 0 Å². The van der Waals surface area contributed by atoms with Gasteiger partial charge in [-0.3, -0.25) is 4.79 Å². The number of carbonyl (C=O) groups excluding carboxylic acids is 1. The summed E-state index contributed by atoms with van der Waals surface area (Å²) in [6, 6.07) is 4.43. The van der Waals surface area contributed by atoms with Crippen LogP contribution in [0.5, 0.6) is 0 Å². The molecule has 1 aromatic heterocycles. The minimum Gasteiger partial charge on any atom is -0.355 e. The van der Waals surface area contributed by atoms with Crippen molar-refractivity contribution in [2.45, 2.75) is 45.1 Å². The van der Waals surface area contributed by atoms with Crippen LogP contribution in [0.2, 0.25) is 0 Å². The molecule has 1 aromatic rings. The van der Waals surface area contributed by atoms with Gasteiger partial charge in [-0.05, 0) is 57.2 Å². The Morgan fingerprint density at radius 1 is 1.25 bits per heavy atom. The second-order valence-corrected chi connectivity index (χ2v) is 7.23. The zero-order valence-corrected chi connectivity index (χ0v) is 14.8. The van der Waals surface area contributed by atoms with Gasteiger partial charge >= 0.3 is 0 Å². The zero-order valence-electron chi connectivity index (χ0n) is 14.8. The van der Waals surface area contributed by atoms with Crippen LogP contribution in [0.3, 0.4) is 0 Å². The number of piperidine rings is 1. The van der Waals surface area contributed by atoms with Crippen LogP contribution in [0.4, 0.5) is 5.82 Å². The largest absolute Gasteiger partial charge is 0.355 e. The summed E-state index contributed by atoms with van der Waals surface area (Å²) in [7, 11) is 2.07. The molecule has 3 rings (SSSR count). The van der Waals surface area contributed by atoms with Gasteiger partial charge in [0.05, 0.1) is 5.69 Å². The lowest BCUT2D eigenvalue weighted by atomic mass is 9.93. The Morgan fingerprint density at radius 3 is 2.62 bits per heavy atom. The van der Waals surface area contributed by atoms with E-state index in [-0.39, 0.29) is 5.92 Å². The van der Waals surface area contributed by atoms with Crippen LogP contribution in [-0.2, 0) is 4.79 Å². The lowest BCUT2D eigenvalue weighted by Gasteiger charge is -2.38. The molecule has 132 valence electrons. The molecule has 0 spiro atoms. The smallest absolute Gasteiger partial charge is 0.226 e. The highest BCUT2D eigenvalue weighted by atomic mass is 16.2. The van der Waals surface area contributed by atoms with Crippen molar-refractivity contribution < 1.29 is 4.79 Å². The molecule has 2 fully saturated rings. The summed E-state index contributed by atoms with van der Waals surface area (Å²) < 4.78 is 0. The van der Waals surface area contributed by atoms with Gasteiger partial charge < -0.3 is 15.5 Å². The first-order chi connectivity index (χ1) is 11.6. The fraction of sp³-hybridized carbons (Fsp3) is 0.722. The normalized spacial score (nSPS) is 25.0. The third-order valence-corrected chi connectivity index (χ3v) is 5.75. The summed E-state index contributed by atoms with van der Waals surface area (Å²) in [4.78, 5) is 17.0. The number of hydrogen-bond acceptors (Lipinski definition) is 5. The van der Waals surface area contributed by atoms with Crippen molar-refractivity contribution >= 4 is 11.7 Å². The van der Waals surface area contributed by atoms with Crippen molar-refractivity contribution in [3.05, 3.63) is 17.8 Å². The lowest BCUT2D eigenvalue weighted by molar-refractivity contribution is -0.137. The highest BCUT2D eigenvalue weighted by Gasteiger charge is 2.36. The minimum atomic E-state index is 0.159. The van der Waals surface area contributed by atoms with E-state index < -0.39 is 0 Å². The molecule has 2 aliphatic rings. The number of carbonyl (C=O) groups is 1. The number of nitrogens with two attached hydrogens (primary N) is 1. The van der Waals surface area contributed by atoms with Crippen LogP contribution in [0.25, 0.3) is 0 Å². The van der Waals surface area contributed by atoms with Crippen molar-refractivity contribution in [1.29, 1.82) is 0 Å². The maximum atomic E-state index is 12.8. The molecule has 1 saturated carbocycles. The zero-order chi connectivity index (χ0) is 17.1. The van der Waals surface area contributed by atoms with Gasteiger partial charge in [0, 0.05) is 32.1 Å². The first kappa shape index (κ1) is 17.1. The molecule has 1 aliphatic heterocycles. The minimum absolute atomic E-state index is 0.159. The van der Waals surface area contributed by atoms with E-state index in [1.165, 1.54) is 0 Å². The SMILES string of the molecule is Cc1ccc(N(C)C2CCN(C(=O)[C@@H]3CCC[C@@H]3CN)CC2)nn1. The van der Waals surface area contributed by atoms with Crippen LogP contribution < -0.4 is 10.6 Å². The molecule has 24 heavy (non-hydrogen) atoms. The first-order valence-electron chi connectivity index (χ1n) is 9.12. The summed E-state index contributed by atoms with van der Waals surface area (Å²) in [5.74, 6) is 1.79. The third kappa shape index (κ3) is 3.53. The fourth-order valence-electron chi connectivity index (χ4n) is 4.12. The average Bonchev–Trinajstić information content (AvgIpc) is 3.10. The molecule has 6 nitrogen and oxygen atoms in total. The van der Waals surface area contributed by atoms with E-state index in [4.69, 9.17) is 5.73 Å². The van der Waals surface area contributed by atoms with Gasteiger partial charge in [-0.2, -0.15) is 5.10 Å². The highest BCUT2D eigenvalue weighted by molar-refractivity contribution is 5.79. The number of nitrogens with zero attached hydrogens (tertiary/aromatic N) is 4. The Kier molecular flexibility index (Phi) is 5.33. The Bertz CT molecular complexity index is 553.